The third-order valence-electron chi connectivity index (χ3n) is 15.2. The van der Waals surface area contributed by atoms with E-state index in [2.05, 4.69) is 278 Å². The summed E-state index contributed by atoms with van der Waals surface area (Å²) in [7, 11) is 0. The number of hydrogen-bond donors (Lipinski definition) is 0. The summed E-state index contributed by atoms with van der Waals surface area (Å²) in [4.78, 5) is 2.59. The first-order valence-corrected chi connectivity index (χ1v) is 25.1. The van der Waals surface area contributed by atoms with Crippen LogP contribution in [0.2, 0.25) is 0 Å². The Bertz CT molecular complexity index is 3850. The van der Waals surface area contributed by atoms with E-state index in [1.54, 1.807) is 0 Å². The fraction of sp³-hybridized carbons (Fsp3) is 0.0294. The molecular weight excluding hydrogens is 863 g/mol. The van der Waals surface area contributed by atoms with Crippen LogP contribution in [0.15, 0.2) is 273 Å². The van der Waals surface area contributed by atoms with Crippen molar-refractivity contribution in [2.24, 2.45) is 0 Å². The molecule has 0 amide bonds. The van der Waals surface area contributed by atoms with E-state index in [4.69, 9.17) is 0 Å². The van der Waals surface area contributed by atoms with Crippen molar-refractivity contribution in [3.8, 4) is 33.4 Å². The van der Waals surface area contributed by atoms with Gasteiger partial charge in [0.1, 0.15) is 0 Å². The lowest BCUT2D eigenvalue weighted by atomic mass is 9.67. The van der Waals surface area contributed by atoms with Crippen molar-refractivity contribution in [3.63, 3.8) is 0 Å². The van der Waals surface area contributed by atoms with Crippen LogP contribution in [-0.4, -0.2) is 0 Å². The number of fused-ring (bicyclic) bond motifs is 9. The van der Waals surface area contributed by atoms with E-state index in [-0.39, 0.29) is 0 Å². The maximum absolute atomic E-state index is 2.59. The van der Waals surface area contributed by atoms with Crippen molar-refractivity contribution >= 4 is 48.6 Å². The molecule has 1 aromatic heterocycles. The van der Waals surface area contributed by atoms with Crippen molar-refractivity contribution in [1.29, 1.82) is 0 Å². The van der Waals surface area contributed by atoms with Gasteiger partial charge in [-0.05, 0) is 97.1 Å². The molecule has 0 unspecified atom stereocenters. The van der Waals surface area contributed by atoms with Crippen LogP contribution >= 0.6 is 11.3 Å². The number of thiophene rings is 1. The maximum atomic E-state index is 2.59. The van der Waals surface area contributed by atoms with Gasteiger partial charge in [-0.25, -0.2) is 0 Å². The van der Waals surface area contributed by atoms with Crippen LogP contribution in [0.1, 0.15) is 44.5 Å². The molecule has 1 nitrogen and oxygen atoms in total. The van der Waals surface area contributed by atoms with Gasteiger partial charge in [0.25, 0.3) is 0 Å². The molecule has 0 N–H and O–H groups in total. The van der Waals surface area contributed by atoms with Gasteiger partial charge in [0.05, 0.1) is 22.2 Å². The highest BCUT2D eigenvalue weighted by Gasteiger charge is 2.50. The number of rotatable bonds is 8. The Balaban J connectivity index is 1.08. The van der Waals surface area contributed by atoms with Gasteiger partial charge >= 0.3 is 0 Å². The Morgan fingerprint density at radius 1 is 0.300 bits per heavy atom. The average Bonchev–Trinajstić information content (AvgIpc) is 4.09. The predicted octanol–water partition coefficient (Wildman–Crippen LogP) is 17.9. The first-order valence-electron chi connectivity index (χ1n) is 24.3. The minimum absolute atomic E-state index is 0.560. The van der Waals surface area contributed by atoms with Crippen molar-refractivity contribution in [3.05, 3.63) is 317 Å². The molecule has 70 heavy (non-hydrogen) atoms. The summed E-state index contributed by atoms with van der Waals surface area (Å²) in [5.74, 6) is 0. The molecule has 0 saturated heterocycles. The minimum atomic E-state index is -0.631. The summed E-state index contributed by atoms with van der Waals surface area (Å²) >= 11 is 1.88. The SMILES string of the molecule is c1ccc(C2(c3ccccc3)c3ccccc3-c3c(N(c4ccc(-c5cccc6c5sc5ccccc56)cc4)c4cccc5c4C(c4ccccc4)(c4ccccc4)c4ccccc4-5)cccc32)cc1. The molecule has 0 radical (unpaired) electrons. The second-order valence-corrected chi connectivity index (χ2v) is 19.7. The standard InChI is InChI=1S/C68H45NS/c1-5-22-47(23-6-1)67(48-24-7-2-8-25-48)59-37-17-14-32-57(59)64-60(67)38-21-39-61(64)69(51-44-42-46(43-45-51)52-33-19-35-56-54-31-15-18-41-63(54)70-66(52)56)62-40-20-34-55-53-30-13-16-36-58(53)68(65(55)62,49-26-9-3-10-27-49)50-28-11-4-12-29-50/h1-45H. The zero-order valence-electron chi connectivity index (χ0n) is 38.3. The van der Waals surface area contributed by atoms with Gasteiger partial charge in [-0.3, -0.25) is 0 Å². The molecule has 14 rings (SSSR count). The normalized spacial score (nSPS) is 13.7. The molecular formula is C68H45NS. The lowest BCUT2D eigenvalue weighted by Crippen LogP contribution is -2.30. The number of hydrogen-bond acceptors (Lipinski definition) is 2. The van der Waals surface area contributed by atoms with E-state index in [1.165, 1.54) is 98.1 Å². The molecule has 0 bridgehead atoms. The molecule has 12 aromatic rings. The van der Waals surface area contributed by atoms with Gasteiger partial charge in [-0.2, -0.15) is 0 Å². The van der Waals surface area contributed by atoms with Crippen molar-refractivity contribution in [2.45, 2.75) is 10.8 Å². The third kappa shape index (κ3) is 5.72. The number of nitrogens with zero attached hydrogens (tertiary/aromatic N) is 1. The van der Waals surface area contributed by atoms with Gasteiger partial charge in [0.15, 0.2) is 0 Å². The van der Waals surface area contributed by atoms with Crippen LogP contribution in [0.3, 0.4) is 0 Å². The van der Waals surface area contributed by atoms with E-state index in [0.717, 1.165) is 17.1 Å². The van der Waals surface area contributed by atoms with Crippen LogP contribution < -0.4 is 4.90 Å². The first kappa shape index (κ1) is 40.5. The molecule has 0 saturated carbocycles. The number of benzene rings is 11. The van der Waals surface area contributed by atoms with Crippen LogP contribution in [0.25, 0.3) is 53.6 Å². The van der Waals surface area contributed by atoms with E-state index >= 15 is 0 Å². The second kappa shape index (κ2) is 16.0. The summed E-state index contributed by atoms with van der Waals surface area (Å²) in [6.07, 6.45) is 0. The quantitative estimate of drug-likeness (QED) is 0.147. The zero-order valence-corrected chi connectivity index (χ0v) is 39.2. The minimum Gasteiger partial charge on any atom is -0.310 e. The first-order chi connectivity index (χ1) is 34.8. The lowest BCUT2D eigenvalue weighted by molar-refractivity contribution is 0.766. The Morgan fingerprint density at radius 3 is 1.41 bits per heavy atom. The summed E-state index contributed by atoms with van der Waals surface area (Å²) in [5.41, 5.74) is 19.7. The molecule has 0 atom stereocenters. The van der Waals surface area contributed by atoms with Crippen LogP contribution in [-0.2, 0) is 10.8 Å². The summed E-state index contributed by atoms with van der Waals surface area (Å²) in [6.45, 7) is 0. The third-order valence-corrected chi connectivity index (χ3v) is 16.5. The largest absolute Gasteiger partial charge is 0.310 e. The second-order valence-electron chi connectivity index (χ2n) is 18.6. The predicted molar refractivity (Wildman–Crippen MR) is 294 cm³/mol. The van der Waals surface area contributed by atoms with E-state index in [1.807, 2.05) is 11.3 Å². The fourth-order valence-electron chi connectivity index (χ4n) is 12.5. The molecule has 328 valence electrons. The van der Waals surface area contributed by atoms with Crippen LogP contribution in [0.5, 0.6) is 0 Å². The number of anilines is 3. The Morgan fingerprint density at radius 2 is 0.757 bits per heavy atom. The highest BCUT2D eigenvalue weighted by atomic mass is 32.1. The lowest BCUT2D eigenvalue weighted by Gasteiger charge is -2.38. The topological polar surface area (TPSA) is 3.24 Å². The van der Waals surface area contributed by atoms with Gasteiger partial charge < -0.3 is 4.90 Å². The Kier molecular flexibility index (Phi) is 9.27. The summed E-state index contributed by atoms with van der Waals surface area (Å²) in [6, 6.07) is 102. The molecule has 11 aromatic carbocycles. The summed E-state index contributed by atoms with van der Waals surface area (Å²) < 4.78 is 2.63. The van der Waals surface area contributed by atoms with E-state index < -0.39 is 10.8 Å². The zero-order chi connectivity index (χ0) is 46.2. The molecule has 2 aliphatic rings. The summed E-state index contributed by atoms with van der Waals surface area (Å²) in [5, 5.41) is 2.62. The van der Waals surface area contributed by atoms with Gasteiger partial charge in [-0.15, -0.1) is 11.3 Å². The molecule has 0 fully saturated rings. The van der Waals surface area contributed by atoms with Crippen LogP contribution in [0.4, 0.5) is 17.1 Å². The van der Waals surface area contributed by atoms with Gasteiger partial charge in [0.2, 0.25) is 0 Å². The van der Waals surface area contributed by atoms with E-state index in [9.17, 15) is 0 Å². The highest BCUT2D eigenvalue weighted by molar-refractivity contribution is 7.26. The fourth-order valence-corrected chi connectivity index (χ4v) is 13.7. The molecule has 2 heteroatoms. The monoisotopic (exact) mass is 907 g/mol. The molecule has 2 aliphatic carbocycles. The molecule has 0 aliphatic heterocycles. The molecule has 0 spiro atoms. The maximum Gasteiger partial charge on any atom is 0.0734 e. The molecule has 1 heterocycles. The van der Waals surface area contributed by atoms with E-state index in [0.29, 0.717) is 0 Å². The average molecular weight is 908 g/mol. The van der Waals surface area contributed by atoms with Crippen molar-refractivity contribution < 1.29 is 0 Å². The smallest absolute Gasteiger partial charge is 0.0734 e. The van der Waals surface area contributed by atoms with Crippen molar-refractivity contribution in [1.82, 2.24) is 0 Å². The van der Waals surface area contributed by atoms with Crippen molar-refractivity contribution in [2.75, 3.05) is 4.90 Å². The van der Waals surface area contributed by atoms with Gasteiger partial charge in [0, 0.05) is 37.0 Å². The Labute approximate surface area is 412 Å². The highest BCUT2D eigenvalue weighted by Crippen LogP contribution is 2.63. The Hall–Kier alpha value is -8.56. The van der Waals surface area contributed by atoms with Gasteiger partial charge in [-0.1, -0.05) is 243 Å². The van der Waals surface area contributed by atoms with Crippen LogP contribution in [0, 0.1) is 0 Å².